The Morgan fingerprint density at radius 3 is 2.73 bits per heavy atom. The zero-order valence-electron chi connectivity index (χ0n) is 13.2. The highest BCUT2D eigenvalue weighted by molar-refractivity contribution is 6.30. The van der Waals surface area contributed by atoms with Crippen LogP contribution < -0.4 is 10.6 Å². The zero-order chi connectivity index (χ0) is 16.1. The standard InChI is InChI=1S/C17H24ClFN2O/c1-11(13-5-7-20-8-6-13)9-17(22)21-12(2)14-3-4-16(19)15(18)10-14/h3-4,10-13,20H,5-9H2,1-2H3,(H,21,22). The summed E-state index contributed by atoms with van der Waals surface area (Å²) in [5.41, 5.74) is 0.814. The highest BCUT2D eigenvalue weighted by Gasteiger charge is 2.22. The van der Waals surface area contributed by atoms with Crippen molar-refractivity contribution in [3.63, 3.8) is 0 Å². The zero-order valence-corrected chi connectivity index (χ0v) is 13.9. The van der Waals surface area contributed by atoms with Crippen molar-refractivity contribution < 1.29 is 9.18 Å². The number of nitrogens with one attached hydrogen (secondary N) is 2. The second-order valence-electron chi connectivity index (χ2n) is 6.23. The molecule has 1 saturated heterocycles. The van der Waals surface area contributed by atoms with Crippen molar-refractivity contribution in [3.8, 4) is 0 Å². The van der Waals surface area contributed by atoms with Crippen LogP contribution in [0.15, 0.2) is 18.2 Å². The summed E-state index contributed by atoms with van der Waals surface area (Å²) in [7, 11) is 0. The first-order valence-electron chi connectivity index (χ1n) is 7.92. The van der Waals surface area contributed by atoms with Gasteiger partial charge in [0.15, 0.2) is 0 Å². The van der Waals surface area contributed by atoms with Gasteiger partial charge in [0.2, 0.25) is 5.91 Å². The highest BCUT2D eigenvalue weighted by atomic mass is 35.5. The molecule has 1 amide bonds. The molecule has 1 heterocycles. The molecular formula is C17H24ClFN2O. The SMILES string of the molecule is CC(NC(=O)CC(C)C1CCNCC1)c1ccc(F)c(Cl)c1. The number of carbonyl (C=O) groups excluding carboxylic acids is 1. The first-order valence-corrected chi connectivity index (χ1v) is 8.30. The summed E-state index contributed by atoms with van der Waals surface area (Å²) >= 11 is 5.79. The Hall–Kier alpha value is -1.13. The van der Waals surface area contributed by atoms with Gasteiger partial charge >= 0.3 is 0 Å². The fraction of sp³-hybridized carbons (Fsp3) is 0.588. The van der Waals surface area contributed by atoms with Crippen LogP contribution in [-0.4, -0.2) is 19.0 Å². The Kier molecular flexibility index (Phi) is 6.21. The van der Waals surface area contributed by atoms with E-state index in [2.05, 4.69) is 17.6 Å². The van der Waals surface area contributed by atoms with Crippen molar-refractivity contribution in [1.29, 1.82) is 0 Å². The number of rotatable bonds is 5. The first kappa shape index (κ1) is 17.2. The molecule has 1 fully saturated rings. The van der Waals surface area contributed by atoms with Crippen molar-refractivity contribution >= 4 is 17.5 Å². The van der Waals surface area contributed by atoms with Gasteiger partial charge in [0.1, 0.15) is 5.82 Å². The minimum Gasteiger partial charge on any atom is -0.350 e. The third kappa shape index (κ3) is 4.68. The molecule has 0 spiro atoms. The molecule has 1 aliphatic heterocycles. The molecule has 0 aromatic heterocycles. The maximum Gasteiger partial charge on any atom is 0.220 e. The van der Waals surface area contributed by atoms with Crippen LogP contribution in [0.25, 0.3) is 0 Å². The van der Waals surface area contributed by atoms with Crippen molar-refractivity contribution in [2.45, 2.75) is 39.2 Å². The van der Waals surface area contributed by atoms with Gasteiger partial charge in [0, 0.05) is 6.42 Å². The first-order chi connectivity index (χ1) is 10.5. The molecule has 122 valence electrons. The van der Waals surface area contributed by atoms with Gasteiger partial charge in [0.05, 0.1) is 11.1 Å². The highest BCUT2D eigenvalue weighted by Crippen LogP contribution is 2.25. The van der Waals surface area contributed by atoms with E-state index in [1.807, 2.05) is 6.92 Å². The van der Waals surface area contributed by atoms with E-state index in [0.29, 0.717) is 18.3 Å². The Labute approximate surface area is 136 Å². The summed E-state index contributed by atoms with van der Waals surface area (Å²) in [6, 6.07) is 4.38. The largest absolute Gasteiger partial charge is 0.350 e. The topological polar surface area (TPSA) is 41.1 Å². The summed E-state index contributed by atoms with van der Waals surface area (Å²) in [6.45, 7) is 6.12. The van der Waals surface area contributed by atoms with Crippen LogP contribution in [0.3, 0.4) is 0 Å². The summed E-state index contributed by atoms with van der Waals surface area (Å²) < 4.78 is 13.2. The van der Waals surface area contributed by atoms with E-state index in [-0.39, 0.29) is 17.0 Å². The van der Waals surface area contributed by atoms with Gasteiger partial charge in [0.25, 0.3) is 0 Å². The average Bonchev–Trinajstić information content (AvgIpc) is 2.50. The molecule has 0 aliphatic carbocycles. The van der Waals surface area contributed by atoms with E-state index < -0.39 is 5.82 Å². The van der Waals surface area contributed by atoms with Crippen LogP contribution in [0.5, 0.6) is 0 Å². The van der Waals surface area contributed by atoms with Gasteiger partial charge in [-0.15, -0.1) is 0 Å². The molecule has 2 rings (SSSR count). The molecule has 1 aliphatic rings. The normalized spacial score (nSPS) is 18.7. The van der Waals surface area contributed by atoms with E-state index in [1.165, 1.54) is 6.07 Å². The molecule has 2 unspecified atom stereocenters. The van der Waals surface area contributed by atoms with Gasteiger partial charge in [-0.3, -0.25) is 4.79 Å². The van der Waals surface area contributed by atoms with Gasteiger partial charge < -0.3 is 10.6 Å². The Morgan fingerprint density at radius 2 is 2.09 bits per heavy atom. The Morgan fingerprint density at radius 1 is 1.41 bits per heavy atom. The van der Waals surface area contributed by atoms with Crippen LogP contribution in [0.1, 0.15) is 44.7 Å². The van der Waals surface area contributed by atoms with Gasteiger partial charge in [-0.25, -0.2) is 4.39 Å². The van der Waals surface area contributed by atoms with Crippen LogP contribution in [0.2, 0.25) is 5.02 Å². The van der Waals surface area contributed by atoms with Crippen molar-refractivity contribution in [1.82, 2.24) is 10.6 Å². The molecule has 1 aromatic carbocycles. The van der Waals surface area contributed by atoms with Gasteiger partial charge in [-0.1, -0.05) is 24.6 Å². The van der Waals surface area contributed by atoms with Gasteiger partial charge in [-0.05, 0) is 62.4 Å². The molecule has 0 saturated carbocycles. The van der Waals surface area contributed by atoms with Crippen LogP contribution in [-0.2, 0) is 4.79 Å². The minimum atomic E-state index is -0.441. The number of hydrogen-bond acceptors (Lipinski definition) is 2. The lowest BCUT2D eigenvalue weighted by Gasteiger charge is -2.28. The van der Waals surface area contributed by atoms with E-state index in [1.54, 1.807) is 12.1 Å². The lowest BCUT2D eigenvalue weighted by atomic mass is 9.84. The monoisotopic (exact) mass is 326 g/mol. The molecule has 2 N–H and O–H groups in total. The Balaban J connectivity index is 1.86. The molecule has 0 radical (unpaired) electrons. The van der Waals surface area contributed by atoms with Crippen molar-refractivity contribution in [2.75, 3.05) is 13.1 Å². The molecule has 0 bridgehead atoms. The summed E-state index contributed by atoms with van der Waals surface area (Å²) in [5, 5.41) is 6.40. The van der Waals surface area contributed by atoms with E-state index in [4.69, 9.17) is 11.6 Å². The van der Waals surface area contributed by atoms with Crippen LogP contribution in [0.4, 0.5) is 4.39 Å². The fourth-order valence-electron chi connectivity index (χ4n) is 3.04. The summed E-state index contributed by atoms with van der Waals surface area (Å²) in [4.78, 5) is 12.2. The van der Waals surface area contributed by atoms with E-state index >= 15 is 0 Å². The molecule has 3 nitrogen and oxygen atoms in total. The second kappa shape index (κ2) is 7.93. The number of benzene rings is 1. The fourth-order valence-corrected chi connectivity index (χ4v) is 3.23. The third-order valence-corrected chi connectivity index (χ3v) is 4.81. The van der Waals surface area contributed by atoms with Gasteiger partial charge in [-0.2, -0.15) is 0 Å². The molecule has 5 heteroatoms. The van der Waals surface area contributed by atoms with E-state index in [9.17, 15) is 9.18 Å². The van der Waals surface area contributed by atoms with E-state index in [0.717, 1.165) is 31.5 Å². The third-order valence-electron chi connectivity index (χ3n) is 4.52. The second-order valence-corrected chi connectivity index (χ2v) is 6.64. The average molecular weight is 327 g/mol. The number of hydrogen-bond donors (Lipinski definition) is 2. The Bertz CT molecular complexity index is 517. The summed E-state index contributed by atoms with van der Waals surface area (Å²) in [5.74, 6) is 0.594. The molecule has 22 heavy (non-hydrogen) atoms. The van der Waals surface area contributed by atoms with Crippen molar-refractivity contribution in [2.24, 2.45) is 11.8 Å². The number of carbonyl (C=O) groups is 1. The molecule has 1 aromatic rings. The quantitative estimate of drug-likeness (QED) is 0.866. The van der Waals surface area contributed by atoms with Crippen LogP contribution >= 0.6 is 11.6 Å². The predicted molar refractivity (Wildman–Crippen MR) is 87.3 cm³/mol. The molecular weight excluding hydrogens is 303 g/mol. The minimum absolute atomic E-state index is 0.0407. The summed E-state index contributed by atoms with van der Waals surface area (Å²) in [6.07, 6.45) is 2.80. The van der Waals surface area contributed by atoms with Crippen molar-refractivity contribution in [3.05, 3.63) is 34.6 Å². The number of piperidine rings is 1. The molecule has 2 atom stereocenters. The smallest absolute Gasteiger partial charge is 0.220 e. The maximum atomic E-state index is 13.2. The number of halogens is 2. The van der Waals surface area contributed by atoms with Crippen LogP contribution in [0, 0.1) is 17.7 Å². The predicted octanol–water partition coefficient (Wildman–Crippen LogP) is 3.68. The maximum absolute atomic E-state index is 13.2. The number of amides is 1. The lowest BCUT2D eigenvalue weighted by molar-refractivity contribution is -0.123. The lowest BCUT2D eigenvalue weighted by Crippen LogP contribution is -2.34.